The Morgan fingerprint density at radius 1 is 1.31 bits per heavy atom. The topological polar surface area (TPSA) is 61.8 Å². The van der Waals surface area contributed by atoms with Gasteiger partial charge in [0.05, 0.1) is 5.69 Å². The van der Waals surface area contributed by atoms with E-state index in [0.717, 1.165) is 5.69 Å². The van der Waals surface area contributed by atoms with E-state index in [1.165, 1.54) is 0 Å². The molecule has 0 radical (unpaired) electrons. The van der Waals surface area contributed by atoms with Crippen molar-refractivity contribution < 1.29 is 5.11 Å². The fourth-order valence-corrected chi connectivity index (χ4v) is 0.759. The lowest BCUT2D eigenvalue weighted by atomic mass is 10.3. The van der Waals surface area contributed by atoms with Crippen LogP contribution in [0.5, 0.6) is 5.75 Å². The van der Waals surface area contributed by atoms with Gasteiger partial charge in [0.1, 0.15) is 5.75 Å². The number of benzene rings is 1. The summed E-state index contributed by atoms with van der Waals surface area (Å²) in [4.78, 5) is 5.82. The number of rotatable bonds is 1. The summed E-state index contributed by atoms with van der Waals surface area (Å²) in [7, 11) is 3.64. The molecular formula is C9H13N3O. The molecule has 3 N–H and O–H groups in total. The second-order valence-electron chi connectivity index (χ2n) is 2.88. The second kappa shape index (κ2) is 3.80. The number of aromatic hydroxyl groups is 1. The van der Waals surface area contributed by atoms with Crippen LogP contribution in [0.1, 0.15) is 0 Å². The Balaban J connectivity index is 2.85. The molecule has 0 saturated carbocycles. The number of phenolic OH excluding ortho intramolecular Hbond substituents is 1. The van der Waals surface area contributed by atoms with Gasteiger partial charge >= 0.3 is 0 Å². The fraction of sp³-hybridized carbons (Fsp3) is 0.222. The van der Waals surface area contributed by atoms with Crippen molar-refractivity contribution in [3.05, 3.63) is 24.3 Å². The lowest BCUT2D eigenvalue weighted by Gasteiger charge is -2.09. The molecule has 0 aliphatic heterocycles. The largest absolute Gasteiger partial charge is 0.508 e. The van der Waals surface area contributed by atoms with Crippen LogP contribution < -0.4 is 5.73 Å². The summed E-state index contributed by atoms with van der Waals surface area (Å²) in [5.41, 5.74) is 6.33. The first kappa shape index (κ1) is 9.38. The van der Waals surface area contributed by atoms with Crippen molar-refractivity contribution in [3.63, 3.8) is 0 Å². The zero-order valence-corrected chi connectivity index (χ0v) is 7.73. The Morgan fingerprint density at radius 3 is 2.31 bits per heavy atom. The molecule has 0 bridgehead atoms. The van der Waals surface area contributed by atoms with E-state index in [2.05, 4.69) is 4.99 Å². The Kier molecular flexibility index (Phi) is 2.74. The number of guanidine groups is 1. The summed E-state index contributed by atoms with van der Waals surface area (Å²) in [5.74, 6) is 0.660. The Morgan fingerprint density at radius 2 is 1.85 bits per heavy atom. The van der Waals surface area contributed by atoms with Gasteiger partial charge in [-0.2, -0.15) is 0 Å². The SMILES string of the molecule is CN(C)C(N)=Nc1ccc(O)cc1. The van der Waals surface area contributed by atoms with Crippen LogP contribution in [-0.4, -0.2) is 30.1 Å². The summed E-state index contributed by atoms with van der Waals surface area (Å²) in [5, 5.41) is 9.01. The van der Waals surface area contributed by atoms with E-state index in [1.54, 1.807) is 29.2 Å². The standard InChI is InChI=1S/C9H13N3O/c1-12(2)9(10)11-7-3-5-8(13)6-4-7/h3-6,13H,1-2H3,(H2,10,11). The van der Waals surface area contributed by atoms with Crippen LogP contribution in [0.2, 0.25) is 0 Å². The molecule has 1 rings (SSSR count). The van der Waals surface area contributed by atoms with Gasteiger partial charge in [0.15, 0.2) is 5.96 Å². The van der Waals surface area contributed by atoms with Crippen LogP contribution in [0.3, 0.4) is 0 Å². The van der Waals surface area contributed by atoms with Gasteiger partial charge in [-0.25, -0.2) is 4.99 Å². The molecule has 4 heteroatoms. The van der Waals surface area contributed by atoms with E-state index in [9.17, 15) is 0 Å². The van der Waals surface area contributed by atoms with E-state index in [0.29, 0.717) is 5.96 Å². The summed E-state index contributed by atoms with van der Waals surface area (Å²) in [6, 6.07) is 6.54. The second-order valence-corrected chi connectivity index (χ2v) is 2.88. The normalized spacial score (nSPS) is 11.4. The van der Waals surface area contributed by atoms with Crippen molar-refractivity contribution in [2.24, 2.45) is 10.7 Å². The summed E-state index contributed by atoms with van der Waals surface area (Å²) in [6.45, 7) is 0. The predicted octanol–water partition coefficient (Wildman–Crippen LogP) is 0.900. The van der Waals surface area contributed by atoms with Gasteiger partial charge in [-0.1, -0.05) is 0 Å². The van der Waals surface area contributed by atoms with Crippen LogP contribution in [-0.2, 0) is 0 Å². The lowest BCUT2D eigenvalue weighted by Crippen LogP contribution is -2.29. The van der Waals surface area contributed by atoms with Crippen LogP contribution in [0.25, 0.3) is 0 Å². The number of hydrogen-bond acceptors (Lipinski definition) is 2. The highest BCUT2D eigenvalue weighted by Gasteiger charge is 1.95. The predicted molar refractivity (Wildman–Crippen MR) is 53.1 cm³/mol. The minimum atomic E-state index is 0.224. The third-order valence-corrected chi connectivity index (χ3v) is 1.55. The molecule has 0 aliphatic carbocycles. The third kappa shape index (κ3) is 2.66. The Hall–Kier alpha value is -1.71. The first-order valence-electron chi connectivity index (χ1n) is 3.90. The number of hydrogen-bond donors (Lipinski definition) is 2. The van der Waals surface area contributed by atoms with Crippen LogP contribution in [0.15, 0.2) is 29.3 Å². The summed E-state index contributed by atoms with van der Waals surface area (Å²) in [6.07, 6.45) is 0. The maximum atomic E-state index is 9.01. The highest BCUT2D eigenvalue weighted by Crippen LogP contribution is 2.16. The number of phenols is 1. The quantitative estimate of drug-likeness (QED) is 0.497. The molecule has 0 saturated heterocycles. The van der Waals surface area contributed by atoms with Crippen molar-refractivity contribution in [1.82, 2.24) is 4.90 Å². The molecule has 0 heterocycles. The molecule has 1 aromatic carbocycles. The molecule has 0 amide bonds. The smallest absolute Gasteiger partial charge is 0.195 e. The van der Waals surface area contributed by atoms with Gasteiger partial charge in [0.25, 0.3) is 0 Å². The molecule has 4 nitrogen and oxygen atoms in total. The number of aliphatic imine (C=N–C) groups is 1. The fourth-order valence-electron chi connectivity index (χ4n) is 0.759. The summed E-state index contributed by atoms with van der Waals surface area (Å²) < 4.78 is 0. The lowest BCUT2D eigenvalue weighted by molar-refractivity contribution is 0.475. The molecule has 70 valence electrons. The van der Waals surface area contributed by atoms with Gasteiger partial charge in [0, 0.05) is 14.1 Å². The van der Waals surface area contributed by atoms with E-state index < -0.39 is 0 Å². The highest BCUT2D eigenvalue weighted by molar-refractivity contribution is 5.80. The average molecular weight is 179 g/mol. The van der Waals surface area contributed by atoms with Crippen LogP contribution in [0, 0.1) is 0 Å². The zero-order valence-electron chi connectivity index (χ0n) is 7.73. The monoisotopic (exact) mass is 179 g/mol. The van der Waals surface area contributed by atoms with Gasteiger partial charge < -0.3 is 15.7 Å². The minimum Gasteiger partial charge on any atom is -0.508 e. The summed E-state index contributed by atoms with van der Waals surface area (Å²) >= 11 is 0. The van der Waals surface area contributed by atoms with Gasteiger partial charge in [-0.05, 0) is 24.3 Å². The molecule has 0 spiro atoms. The van der Waals surface area contributed by atoms with E-state index >= 15 is 0 Å². The van der Waals surface area contributed by atoms with Crippen molar-refractivity contribution in [1.29, 1.82) is 0 Å². The van der Waals surface area contributed by atoms with E-state index in [-0.39, 0.29) is 5.75 Å². The number of nitrogens with zero attached hydrogens (tertiary/aromatic N) is 2. The van der Waals surface area contributed by atoms with Crippen LogP contribution >= 0.6 is 0 Å². The molecule has 13 heavy (non-hydrogen) atoms. The first-order valence-corrected chi connectivity index (χ1v) is 3.90. The van der Waals surface area contributed by atoms with Gasteiger partial charge in [-0.3, -0.25) is 0 Å². The van der Waals surface area contributed by atoms with Gasteiger partial charge in [0.2, 0.25) is 0 Å². The van der Waals surface area contributed by atoms with E-state index in [1.807, 2.05) is 14.1 Å². The molecular weight excluding hydrogens is 166 g/mol. The van der Waals surface area contributed by atoms with Gasteiger partial charge in [-0.15, -0.1) is 0 Å². The zero-order chi connectivity index (χ0) is 9.84. The molecule has 0 aliphatic rings. The number of nitrogens with two attached hydrogens (primary N) is 1. The maximum absolute atomic E-state index is 9.01. The molecule has 0 aromatic heterocycles. The first-order chi connectivity index (χ1) is 6.09. The molecule has 0 atom stereocenters. The molecule has 0 unspecified atom stereocenters. The molecule has 0 fully saturated rings. The third-order valence-electron chi connectivity index (χ3n) is 1.55. The van der Waals surface area contributed by atoms with Crippen molar-refractivity contribution in [2.45, 2.75) is 0 Å². The van der Waals surface area contributed by atoms with E-state index in [4.69, 9.17) is 10.8 Å². The highest BCUT2D eigenvalue weighted by atomic mass is 16.3. The molecule has 1 aromatic rings. The Labute approximate surface area is 77.3 Å². The minimum absolute atomic E-state index is 0.224. The van der Waals surface area contributed by atoms with Crippen molar-refractivity contribution >= 4 is 11.6 Å². The average Bonchev–Trinajstić information content (AvgIpc) is 2.08. The van der Waals surface area contributed by atoms with Crippen LogP contribution in [0.4, 0.5) is 5.69 Å². The van der Waals surface area contributed by atoms with Crippen molar-refractivity contribution in [2.75, 3.05) is 14.1 Å². The maximum Gasteiger partial charge on any atom is 0.195 e. The van der Waals surface area contributed by atoms with Crippen molar-refractivity contribution in [3.8, 4) is 5.75 Å². The Bertz CT molecular complexity index is 303.